The van der Waals surface area contributed by atoms with Gasteiger partial charge >= 0.3 is 0 Å². The number of nitrogens with zero attached hydrogens (tertiary/aromatic N) is 1. The first-order chi connectivity index (χ1) is 10.1. The van der Waals surface area contributed by atoms with Gasteiger partial charge in [-0.2, -0.15) is 0 Å². The lowest BCUT2D eigenvalue weighted by Gasteiger charge is -2.39. The van der Waals surface area contributed by atoms with Crippen LogP contribution in [0.1, 0.15) is 55.5 Å². The standard InChI is InChI=1S/C18H27NO2/c1-5-18(6-2,19-11-7-8-12-19)17(20)16-10-9-15(21-4)13-14(16)3/h9-10,13H,5-8,11-12H2,1-4H3. The van der Waals surface area contributed by atoms with Crippen LogP contribution >= 0.6 is 0 Å². The van der Waals surface area contributed by atoms with Gasteiger partial charge in [0.1, 0.15) is 5.75 Å². The summed E-state index contributed by atoms with van der Waals surface area (Å²) >= 11 is 0. The van der Waals surface area contributed by atoms with Crippen LogP contribution in [0.25, 0.3) is 0 Å². The van der Waals surface area contributed by atoms with Crippen LogP contribution in [0.3, 0.4) is 0 Å². The van der Waals surface area contributed by atoms with Crippen molar-refractivity contribution >= 4 is 5.78 Å². The Labute approximate surface area is 128 Å². The number of ketones is 1. The molecule has 1 heterocycles. The molecule has 0 unspecified atom stereocenters. The number of hydrogen-bond donors (Lipinski definition) is 0. The third-order valence-corrected chi connectivity index (χ3v) is 4.98. The number of benzene rings is 1. The molecule has 1 fully saturated rings. The molecule has 1 aliphatic rings. The van der Waals surface area contributed by atoms with E-state index in [4.69, 9.17) is 4.74 Å². The van der Waals surface area contributed by atoms with Crippen molar-refractivity contribution in [2.24, 2.45) is 0 Å². The molecule has 0 N–H and O–H groups in total. The van der Waals surface area contributed by atoms with Crippen molar-refractivity contribution in [2.75, 3.05) is 20.2 Å². The summed E-state index contributed by atoms with van der Waals surface area (Å²) < 4.78 is 5.25. The van der Waals surface area contributed by atoms with Gasteiger partial charge in [-0.3, -0.25) is 9.69 Å². The molecular weight excluding hydrogens is 262 g/mol. The number of methoxy groups -OCH3 is 1. The Morgan fingerprint density at radius 3 is 2.33 bits per heavy atom. The maximum Gasteiger partial charge on any atom is 0.183 e. The molecule has 0 aromatic heterocycles. The number of rotatable bonds is 6. The van der Waals surface area contributed by atoms with Crippen molar-refractivity contribution in [1.29, 1.82) is 0 Å². The van der Waals surface area contributed by atoms with E-state index in [9.17, 15) is 4.79 Å². The van der Waals surface area contributed by atoms with Gasteiger partial charge in [0.2, 0.25) is 0 Å². The van der Waals surface area contributed by atoms with E-state index in [1.807, 2.05) is 25.1 Å². The monoisotopic (exact) mass is 289 g/mol. The van der Waals surface area contributed by atoms with Crippen LogP contribution in [-0.2, 0) is 0 Å². The molecule has 0 saturated carbocycles. The molecule has 1 aromatic rings. The summed E-state index contributed by atoms with van der Waals surface area (Å²) in [6.45, 7) is 8.36. The number of Topliss-reactive ketones (excluding diaryl/α,β-unsaturated/α-hetero) is 1. The maximum absolute atomic E-state index is 13.3. The number of hydrogen-bond acceptors (Lipinski definition) is 3. The zero-order valence-corrected chi connectivity index (χ0v) is 13.7. The quantitative estimate of drug-likeness (QED) is 0.745. The Hall–Kier alpha value is -1.35. The molecule has 0 spiro atoms. The van der Waals surface area contributed by atoms with Crippen molar-refractivity contribution in [3.63, 3.8) is 0 Å². The summed E-state index contributed by atoms with van der Waals surface area (Å²) in [5, 5.41) is 0. The summed E-state index contributed by atoms with van der Waals surface area (Å²) in [4.78, 5) is 15.7. The highest BCUT2D eigenvalue weighted by atomic mass is 16.5. The van der Waals surface area contributed by atoms with Crippen LogP contribution in [0, 0.1) is 6.92 Å². The van der Waals surface area contributed by atoms with Crippen LogP contribution in [0.4, 0.5) is 0 Å². The molecule has 1 saturated heterocycles. The first-order valence-corrected chi connectivity index (χ1v) is 8.03. The predicted octanol–water partition coefficient (Wildman–Crippen LogP) is 3.84. The average molecular weight is 289 g/mol. The van der Waals surface area contributed by atoms with E-state index < -0.39 is 0 Å². The molecule has 0 aliphatic carbocycles. The second-order valence-electron chi connectivity index (χ2n) is 5.94. The van der Waals surface area contributed by atoms with E-state index >= 15 is 0 Å². The number of likely N-dealkylation sites (tertiary alicyclic amines) is 1. The van der Waals surface area contributed by atoms with E-state index in [2.05, 4.69) is 18.7 Å². The van der Waals surface area contributed by atoms with Crippen molar-refractivity contribution in [2.45, 2.75) is 52.0 Å². The minimum atomic E-state index is -0.337. The van der Waals surface area contributed by atoms with Gasteiger partial charge in [-0.25, -0.2) is 0 Å². The number of carbonyl (C=O) groups is 1. The highest BCUT2D eigenvalue weighted by molar-refractivity contribution is 6.04. The van der Waals surface area contributed by atoms with Gasteiger partial charge in [0.05, 0.1) is 12.6 Å². The number of carbonyl (C=O) groups excluding carboxylic acids is 1. The molecule has 1 aromatic carbocycles. The van der Waals surface area contributed by atoms with Gasteiger partial charge in [0, 0.05) is 5.56 Å². The number of ether oxygens (including phenoxy) is 1. The first kappa shape index (κ1) is 16.0. The van der Waals surface area contributed by atoms with Gasteiger partial charge in [-0.1, -0.05) is 13.8 Å². The summed E-state index contributed by atoms with van der Waals surface area (Å²) in [5.41, 5.74) is 1.51. The van der Waals surface area contributed by atoms with Crippen molar-refractivity contribution < 1.29 is 9.53 Å². The Bertz CT molecular complexity index is 500. The number of aryl methyl sites for hydroxylation is 1. The Morgan fingerprint density at radius 2 is 1.86 bits per heavy atom. The van der Waals surface area contributed by atoms with Gasteiger partial charge in [0.25, 0.3) is 0 Å². The first-order valence-electron chi connectivity index (χ1n) is 8.03. The molecule has 3 nitrogen and oxygen atoms in total. The van der Waals surface area contributed by atoms with Crippen LogP contribution in [0.2, 0.25) is 0 Å². The van der Waals surface area contributed by atoms with Gasteiger partial charge < -0.3 is 4.74 Å². The van der Waals surface area contributed by atoms with Crippen molar-refractivity contribution in [1.82, 2.24) is 4.90 Å². The summed E-state index contributed by atoms with van der Waals surface area (Å²) in [5.74, 6) is 1.08. The Balaban J connectivity index is 2.38. The summed E-state index contributed by atoms with van der Waals surface area (Å²) in [6, 6.07) is 5.76. The summed E-state index contributed by atoms with van der Waals surface area (Å²) in [6.07, 6.45) is 4.15. The van der Waals surface area contributed by atoms with Crippen LogP contribution in [0.15, 0.2) is 18.2 Å². The fourth-order valence-electron chi connectivity index (χ4n) is 3.58. The minimum Gasteiger partial charge on any atom is -0.497 e. The maximum atomic E-state index is 13.3. The largest absolute Gasteiger partial charge is 0.497 e. The molecule has 0 bridgehead atoms. The fourth-order valence-corrected chi connectivity index (χ4v) is 3.58. The Kier molecular flexibility index (Phi) is 5.04. The van der Waals surface area contributed by atoms with Gasteiger partial charge in [-0.15, -0.1) is 0 Å². The second kappa shape index (κ2) is 6.61. The molecule has 3 heteroatoms. The highest BCUT2D eigenvalue weighted by Gasteiger charge is 2.42. The second-order valence-corrected chi connectivity index (χ2v) is 5.94. The van der Waals surface area contributed by atoms with E-state index in [1.54, 1.807) is 7.11 Å². The lowest BCUT2D eigenvalue weighted by atomic mass is 9.81. The topological polar surface area (TPSA) is 29.5 Å². The molecular formula is C18H27NO2. The van der Waals surface area contributed by atoms with Crippen LogP contribution < -0.4 is 4.74 Å². The zero-order chi connectivity index (χ0) is 15.5. The lowest BCUT2D eigenvalue weighted by Crippen LogP contribution is -2.52. The average Bonchev–Trinajstić information content (AvgIpc) is 3.03. The predicted molar refractivity (Wildman–Crippen MR) is 86.2 cm³/mol. The molecule has 21 heavy (non-hydrogen) atoms. The molecule has 1 aliphatic heterocycles. The summed E-state index contributed by atoms with van der Waals surface area (Å²) in [7, 11) is 1.66. The van der Waals surface area contributed by atoms with E-state index in [-0.39, 0.29) is 11.3 Å². The zero-order valence-electron chi connectivity index (χ0n) is 13.7. The van der Waals surface area contributed by atoms with Crippen LogP contribution in [0.5, 0.6) is 5.75 Å². The highest BCUT2D eigenvalue weighted by Crippen LogP contribution is 2.33. The smallest absolute Gasteiger partial charge is 0.183 e. The van der Waals surface area contributed by atoms with E-state index in [0.717, 1.165) is 42.8 Å². The molecule has 0 radical (unpaired) electrons. The van der Waals surface area contributed by atoms with Crippen molar-refractivity contribution in [3.05, 3.63) is 29.3 Å². The Morgan fingerprint density at radius 1 is 1.24 bits per heavy atom. The molecule has 2 rings (SSSR count). The third kappa shape index (κ3) is 2.84. The third-order valence-electron chi connectivity index (χ3n) is 4.98. The van der Waals surface area contributed by atoms with E-state index in [0.29, 0.717) is 0 Å². The van der Waals surface area contributed by atoms with Gasteiger partial charge in [-0.05, 0) is 69.5 Å². The van der Waals surface area contributed by atoms with Crippen LogP contribution in [-0.4, -0.2) is 36.4 Å². The SMILES string of the molecule is CCC(CC)(C(=O)c1ccc(OC)cc1C)N1CCCC1. The van der Waals surface area contributed by atoms with Gasteiger partial charge in [0.15, 0.2) is 5.78 Å². The molecule has 116 valence electrons. The minimum absolute atomic E-state index is 0.273. The fraction of sp³-hybridized carbons (Fsp3) is 0.611. The lowest BCUT2D eigenvalue weighted by molar-refractivity contribution is 0.0580. The normalized spacial score (nSPS) is 16.2. The molecule has 0 amide bonds. The molecule has 0 atom stereocenters. The van der Waals surface area contributed by atoms with E-state index in [1.165, 1.54) is 12.8 Å². The van der Waals surface area contributed by atoms with Crippen molar-refractivity contribution in [3.8, 4) is 5.75 Å².